The molecule has 0 N–H and O–H groups in total. The Morgan fingerprint density at radius 1 is 1.16 bits per heavy atom. The Bertz CT molecular complexity index is 534. The molecule has 0 bridgehead atoms. The number of ether oxygens (including phenoxy) is 4. The van der Waals surface area contributed by atoms with Crippen molar-refractivity contribution in [2.24, 2.45) is 0 Å². The summed E-state index contributed by atoms with van der Waals surface area (Å²) in [7, 11) is 1.44. The Morgan fingerprint density at radius 2 is 1.79 bits per heavy atom. The van der Waals surface area contributed by atoms with E-state index in [2.05, 4.69) is 0 Å². The van der Waals surface area contributed by atoms with Crippen LogP contribution in [0.4, 0.5) is 0 Å². The van der Waals surface area contributed by atoms with Gasteiger partial charge in [-0.15, -0.1) is 0 Å². The highest BCUT2D eigenvalue weighted by Gasteiger charge is 2.27. The zero-order valence-electron chi connectivity index (χ0n) is 10.9. The average molecular weight is 266 g/mol. The molecule has 0 spiro atoms. The summed E-state index contributed by atoms with van der Waals surface area (Å²) in [4.78, 5) is 22.7. The van der Waals surface area contributed by atoms with Gasteiger partial charge in [0.2, 0.25) is 11.5 Å². The third-order valence-corrected chi connectivity index (χ3v) is 2.57. The van der Waals surface area contributed by atoms with E-state index in [9.17, 15) is 9.59 Å². The first-order valence-electron chi connectivity index (χ1n) is 5.74. The summed E-state index contributed by atoms with van der Waals surface area (Å²) < 4.78 is 21.2. The normalized spacial score (nSPS) is 12.8. The second-order valence-corrected chi connectivity index (χ2v) is 3.96. The van der Waals surface area contributed by atoms with Crippen LogP contribution in [-0.4, -0.2) is 32.1 Å². The van der Waals surface area contributed by atoms with Gasteiger partial charge in [-0.05, 0) is 13.0 Å². The van der Waals surface area contributed by atoms with Crippen LogP contribution in [0.25, 0.3) is 0 Å². The van der Waals surface area contributed by atoms with E-state index in [1.165, 1.54) is 27.0 Å². The molecular weight excluding hydrogens is 252 g/mol. The monoisotopic (exact) mass is 266 g/mol. The van der Waals surface area contributed by atoms with Gasteiger partial charge in [0.1, 0.15) is 13.2 Å². The van der Waals surface area contributed by atoms with E-state index < -0.39 is 5.97 Å². The van der Waals surface area contributed by atoms with E-state index >= 15 is 0 Å². The quantitative estimate of drug-likeness (QED) is 0.470. The molecule has 0 saturated heterocycles. The lowest BCUT2D eigenvalue weighted by molar-refractivity contribution is -0.132. The summed E-state index contributed by atoms with van der Waals surface area (Å²) in [5.74, 6) is 0.297. The van der Waals surface area contributed by atoms with Crippen molar-refractivity contribution in [1.82, 2.24) is 0 Å². The number of carbonyl (C=O) groups is 2. The lowest BCUT2D eigenvalue weighted by Crippen LogP contribution is -2.18. The molecule has 6 heteroatoms. The Hall–Kier alpha value is -2.24. The van der Waals surface area contributed by atoms with E-state index in [1.807, 2.05) is 0 Å². The predicted molar refractivity (Wildman–Crippen MR) is 65.3 cm³/mol. The number of hydrogen-bond acceptors (Lipinski definition) is 6. The molecule has 102 valence electrons. The lowest BCUT2D eigenvalue weighted by atomic mass is 10.1. The van der Waals surface area contributed by atoms with Crippen LogP contribution in [0, 0.1) is 0 Å². The molecule has 0 saturated carbocycles. The second kappa shape index (κ2) is 5.17. The summed E-state index contributed by atoms with van der Waals surface area (Å²) in [6.45, 7) is 3.34. The Balaban J connectivity index is 2.64. The predicted octanol–water partition coefficient (Wildman–Crippen LogP) is 1.59. The minimum Gasteiger partial charge on any atom is -0.492 e. The van der Waals surface area contributed by atoms with E-state index in [0.29, 0.717) is 13.2 Å². The number of methoxy groups -OCH3 is 1. The zero-order chi connectivity index (χ0) is 14.0. The van der Waals surface area contributed by atoms with Gasteiger partial charge < -0.3 is 18.9 Å². The van der Waals surface area contributed by atoms with Crippen molar-refractivity contribution in [2.75, 3.05) is 20.3 Å². The fourth-order valence-electron chi connectivity index (χ4n) is 1.85. The minimum atomic E-state index is -0.504. The molecule has 6 nitrogen and oxygen atoms in total. The number of benzene rings is 1. The van der Waals surface area contributed by atoms with Gasteiger partial charge in [0.25, 0.3) is 0 Å². The fraction of sp³-hybridized carbons (Fsp3) is 0.385. The SMILES string of the molecule is COc1c(C(C)=O)cc(OC(C)=O)c2c1OCCO2. The highest BCUT2D eigenvalue weighted by molar-refractivity contribution is 5.99. The van der Waals surface area contributed by atoms with Gasteiger partial charge in [0.05, 0.1) is 12.7 Å². The van der Waals surface area contributed by atoms with Crippen LogP contribution < -0.4 is 18.9 Å². The van der Waals surface area contributed by atoms with E-state index in [1.54, 1.807) is 0 Å². The molecule has 1 aromatic carbocycles. The van der Waals surface area contributed by atoms with Gasteiger partial charge in [-0.25, -0.2) is 0 Å². The van der Waals surface area contributed by atoms with Crippen LogP contribution in [0.3, 0.4) is 0 Å². The van der Waals surface area contributed by atoms with Gasteiger partial charge in [-0.1, -0.05) is 0 Å². The summed E-state index contributed by atoms with van der Waals surface area (Å²) in [6, 6.07) is 1.43. The van der Waals surface area contributed by atoms with Crippen molar-refractivity contribution in [1.29, 1.82) is 0 Å². The summed E-state index contributed by atoms with van der Waals surface area (Å²) in [6.07, 6.45) is 0. The van der Waals surface area contributed by atoms with Gasteiger partial charge in [-0.3, -0.25) is 9.59 Å². The van der Waals surface area contributed by atoms with Crippen LogP contribution in [0.15, 0.2) is 6.07 Å². The number of carbonyl (C=O) groups excluding carboxylic acids is 2. The first-order chi connectivity index (χ1) is 9.04. The van der Waals surface area contributed by atoms with E-state index in [-0.39, 0.29) is 34.3 Å². The van der Waals surface area contributed by atoms with E-state index in [0.717, 1.165) is 0 Å². The average Bonchev–Trinajstić information content (AvgIpc) is 2.37. The van der Waals surface area contributed by atoms with Crippen molar-refractivity contribution in [3.63, 3.8) is 0 Å². The molecule has 1 heterocycles. The van der Waals surface area contributed by atoms with Gasteiger partial charge in [-0.2, -0.15) is 0 Å². The third kappa shape index (κ3) is 2.47. The first-order valence-corrected chi connectivity index (χ1v) is 5.74. The third-order valence-electron chi connectivity index (χ3n) is 2.57. The largest absolute Gasteiger partial charge is 0.492 e. The van der Waals surface area contributed by atoms with Crippen molar-refractivity contribution in [3.05, 3.63) is 11.6 Å². The number of fused-ring (bicyclic) bond motifs is 1. The van der Waals surface area contributed by atoms with Crippen molar-refractivity contribution >= 4 is 11.8 Å². The zero-order valence-corrected chi connectivity index (χ0v) is 10.9. The maximum absolute atomic E-state index is 11.6. The Labute approximate surface area is 110 Å². The van der Waals surface area contributed by atoms with E-state index in [4.69, 9.17) is 18.9 Å². The number of hydrogen-bond donors (Lipinski definition) is 0. The van der Waals surface area contributed by atoms with Crippen molar-refractivity contribution < 1.29 is 28.5 Å². The molecule has 0 aliphatic carbocycles. The molecule has 0 aromatic heterocycles. The molecule has 2 rings (SSSR count). The van der Waals surface area contributed by atoms with Crippen molar-refractivity contribution in [3.8, 4) is 23.0 Å². The van der Waals surface area contributed by atoms with Crippen LogP contribution in [0.1, 0.15) is 24.2 Å². The standard InChI is InChI=1S/C13H14O6/c1-7(14)9-6-10(19-8(2)15)12-13(11(9)16-3)18-5-4-17-12/h6H,4-5H2,1-3H3. The Kier molecular flexibility index (Phi) is 3.59. The number of Topliss-reactive ketones (excluding diaryl/α,β-unsaturated/α-hetero) is 1. The van der Waals surface area contributed by atoms with Crippen LogP contribution >= 0.6 is 0 Å². The molecule has 1 aliphatic heterocycles. The number of rotatable bonds is 3. The highest BCUT2D eigenvalue weighted by Crippen LogP contribution is 2.48. The lowest BCUT2D eigenvalue weighted by Gasteiger charge is -2.23. The fourth-order valence-corrected chi connectivity index (χ4v) is 1.85. The number of ketones is 1. The summed E-state index contributed by atoms with van der Waals surface area (Å²) >= 11 is 0. The topological polar surface area (TPSA) is 71.1 Å². The molecule has 0 radical (unpaired) electrons. The second-order valence-electron chi connectivity index (χ2n) is 3.96. The smallest absolute Gasteiger partial charge is 0.308 e. The molecule has 19 heavy (non-hydrogen) atoms. The van der Waals surface area contributed by atoms with Crippen LogP contribution in [0.5, 0.6) is 23.0 Å². The van der Waals surface area contributed by atoms with Gasteiger partial charge in [0.15, 0.2) is 17.3 Å². The highest BCUT2D eigenvalue weighted by atomic mass is 16.6. The maximum Gasteiger partial charge on any atom is 0.308 e. The van der Waals surface area contributed by atoms with Crippen molar-refractivity contribution in [2.45, 2.75) is 13.8 Å². The van der Waals surface area contributed by atoms with Gasteiger partial charge >= 0.3 is 5.97 Å². The molecule has 1 aliphatic rings. The Morgan fingerprint density at radius 3 is 2.32 bits per heavy atom. The maximum atomic E-state index is 11.6. The molecule has 0 atom stereocenters. The van der Waals surface area contributed by atoms with Crippen LogP contribution in [0.2, 0.25) is 0 Å². The minimum absolute atomic E-state index is 0.160. The first kappa shape index (κ1) is 13.2. The molecule has 1 aromatic rings. The molecule has 0 amide bonds. The summed E-state index contributed by atoms with van der Waals surface area (Å²) in [5, 5.41) is 0. The molecular formula is C13H14O6. The van der Waals surface area contributed by atoms with Gasteiger partial charge in [0, 0.05) is 6.92 Å². The molecule has 0 fully saturated rings. The number of esters is 1. The van der Waals surface area contributed by atoms with Crippen LogP contribution in [-0.2, 0) is 4.79 Å². The molecule has 0 unspecified atom stereocenters. The summed E-state index contributed by atoms with van der Waals surface area (Å²) in [5.41, 5.74) is 0.281.